The Morgan fingerprint density at radius 2 is 1.20 bits per heavy atom. The highest BCUT2D eigenvalue weighted by Crippen LogP contribution is 2.00. The van der Waals surface area contributed by atoms with Gasteiger partial charge in [-0.2, -0.15) is 0 Å². The first-order valence-corrected chi connectivity index (χ1v) is 7.35. The van der Waals surface area contributed by atoms with Crippen molar-refractivity contribution in [1.29, 1.82) is 0 Å². The number of unbranched alkanes of at least 4 members (excludes halogenated alkanes) is 2. The van der Waals surface area contributed by atoms with Crippen molar-refractivity contribution < 1.29 is 13.2 Å². The van der Waals surface area contributed by atoms with Gasteiger partial charge in [-0.1, -0.05) is 26.7 Å². The van der Waals surface area contributed by atoms with E-state index >= 15 is 0 Å². The molecule has 0 atom stereocenters. The molecular formula is C11H24O3S. The second-order valence-electron chi connectivity index (χ2n) is 3.77. The summed E-state index contributed by atoms with van der Waals surface area (Å²) in [7, 11) is -2.71. The van der Waals surface area contributed by atoms with Gasteiger partial charge in [-0.15, -0.1) is 0 Å². The highest BCUT2D eigenvalue weighted by Gasteiger charge is 2.07. The van der Waals surface area contributed by atoms with Crippen LogP contribution in [0.25, 0.3) is 0 Å². The largest absolute Gasteiger partial charge is 0.300 e. The Labute approximate surface area is 94.2 Å². The fourth-order valence-corrected chi connectivity index (χ4v) is 2.49. The van der Waals surface area contributed by atoms with E-state index in [1.165, 1.54) is 13.8 Å². The van der Waals surface area contributed by atoms with Gasteiger partial charge in [0.2, 0.25) is 0 Å². The molecule has 0 aliphatic rings. The van der Waals surface area contributed by atoms with Crippen molar-refractivity contribution in [2.75, 3.05) is 11.5 Å². The molecule has 0 aromatic rings. The van der Waals surface area contributed by atoms with Gasteiger partial charge < -0.3 is 4.79 Å². The van der Waals surface area contributed by atoms with Crippen LogP contribution in [0.5, 0.6) is 0 Å². The average Bonchev–Trinajstić information content (AvgIpc) is 2.11. The maximum Gasteiger partial charge on any atom is 0.150 e. The van der Waals surface area contributed by atoms with Gasteiger partial charge in [0.1, 0.15) is 15.6 Å². The zero-order valence-electron chi connectivity index (χ0n) is 10.4. The molecule has 0 saturated carbocycles. The molecule has 15 heavy (non-hydrogen) atoms. The second kappa shape index (κ2) is 10.1. The molecule has 92 valence electrons. The Kier molecular flexibility index (Phi) is 11.5. The smallest absolute Gasteiger partial charge is 0.150 e. The molecule has 4 heteroatoms. The predicted molar refractivity (Wildman–Crippen MR) is 64.8 cm³/mol. The van der Waals surface area contributed by atoms with Crippen LogP contribution in [0.2, 0.25) is 0 Å². The molecular weight excluding hydrogens is 212 g/mol. The minimum atomic E-state index is -2.71. The second-order valence-corrected chi connectivity index (χ2v) is 6.07. The van der Waals surface area contributed by atoms with E-state index in [1.807, 2.05) is 13.8 Å². The fraction of sp³-hybridized carbons (Fsp3) is 0.909. The Hall–Kier alpha value is -0.380. The molecule has 0 radical (unpaired) electrons. The topological polar surface area (TPSA) is 51.2 Å². The Balaban J connectivity index is 0. The normalized spacial score (nSPS) is 10.4. The summed E-state index contributed by atoms with van der Waals surface area (Å²) < 4.78 is 22.3. The van der Waals surface area contributed by atoms with Crippen LogP contribution in [0.4, 0.5) is 0 Å². The zero-order valence-corrected chi connectivity index (χ0v) is 11.2. The summed E-state index contributed by atoms with van der Waals surface area (Å²) in [6, 6.07) is 0. The van der Waals surface area contributed by atoms with E-state index in [2.05, 4.69) is 0 Å². The van der Waals surface area contributed by atoms with E-state index in [0.29, 0.717) is 11.5 Å². The Morgan fingerprint density at radius 3 is 1.40 bits per heavy atom. The summed E-state index contributed by atoms with van der Waals surface area (Å²) in [5.74, 6) is 0.924. The summed E-state index contributed by atoms with van der Waals surface area (Å²) in [6.45, 7) is 7.07. The van der Waals surface area contributed by atoms with Gasteiger partial charge >= 0.3 is 0 Å². The van der Waals surface area contributed by atoms with Gasteiger partial charge in [-0.25, -0.2) is 8.42 Å². The van der Waals surface area contributed by atoms with E-state index in [4.69, 9.17) is 0 Å². The lowest BCUT2D eigenvalue weighted by Crippen LogP contribution is -2.10. The van der Waals surface area contributed by atoms with E-state index in [1.54, 1.807) is 0 Å². The number of ketones is 1. The lowest BCUT2D eigenvalue weighted by Gasteiger charge is -2.00. The number of hydrogen-bond acceptors (Lipinski definition) is 3. The van der Waals surface area contributed by atoms with Crippen molar-refractivity contribution >= 4 is 15.6 Å². The maximum absolute atomic E-state index is 11.1. The molecule has 0 aromatic carbocycles. The molecule has 0 fully saturated rings. The maximum atomic E-state index is 11.1. The van der Waals surface area contributed by atoms with Crippen molar-refractivity contribution in [1.82, 2.24) is 0 Å². The third-order valence-corrected chi connectivity index (χ3v) is 3.44. The molecule has 0 bridgehead atoms. The van der Waals surface area contributed by atoms with E-state index in [-0.39, 0.29) is 5.78 Å². The molecule has 0 unspecified atom stereocenters. The van der Waals surface area contributed by atoms with Crippen molar-refractivity contribution in [3.8, 4) is 0 Å². The summed E-state index contributed by atoms with van der Waals surface area (Å²) >= 11 is 0. The molecule has 0 saturated heterocycles. The SMILES string of the molecule is CC(C)=O.CCCCS(=O)(=O)CCCC. The van der Waals surface area contributed by atoms with E-state index in [9.17, 15) is 13.2 Å². The first-order valence-electron chi connectivity index (χ1n) is 5.53. The molecule has 0 N–H and O–H groups in total. The minimum Gasteiger partial charge on any atom is -0.300 e. The van der Waals surface area contributed by atoms with Gasteiger partial charge in [0, 0.05) is 0 Å². The van der Waals surface area contributed by atoms with Crippen LogP contribution in [0.3, 0.4) is 0 Å². The monoisotopic (exact) mass is 236 g/mol. The van der Waals surface area contributed by atoms with Crippen LogP contribution in [-0.4, -0.2) is 25.7 Å². The fourth-order valence-electron chi connectivity index (χ4n) is 0.831. The number of carbonyl (C=O) groups is 1. The third-order valence-electron chi connectivity index (χ3n) is 1.62. The molecule has 0 spiro atoms. The molecule has 0 amide bonds. The Morgan fingerprint density at radius 1 is 0.933 bits per heavy atom. The van der Waals surface area contributed by atoms with Crippen molar-refractivity contribution in [3.63, 3.8) is 0 Å². The number of Topliss-reactive ketones (excluding diaryl/α,β-unsaturated/α-hetero) is 1. The lowest BCUT2D eigenvalue weighted by molar-refractivity contribution is -0.114. The number of hydrogen-bond donors (Lipinski definition) is 0. The van der Waals surface area contributed by atoms with Gasteiger partial charge in [0.05, 0.1) is 11.5 Å². The molecule has 0 rings (SSSR count). The van der Waals surface area contributed by atoms with Crippen molar-refractivity contribution in [2.24, 2.45) is 0 Å². The number of rotatable bonds is 6. The Bertz CT molecular complexity index is 225. The van der Waals surface area contributed by atoms with Gasteiger partial charge in [-0.05, 0) is 26.7 Å². The predicted octanol–water partition coefficient (Wildman–Crippen LogP) is 2.60. The van der Waals surface area contributed by atoms with Crippen LogP contribution in [-0.2, 0) is 14.6 Å². The quantitative estimate of drug-likeness (QED) is 0.712. The van der Waals surface area contributed by atoms with Crippen LogP contribution in [0, 0.1) is 0 Å². The first kappa shape index (κ1) is 17.0. The minimum absolute atomic E-state index is 0.167. The standard InChI is InChI=1S/C8H18O2S.C3H6O/c1-3-5-7-11(9,10)8-6-4-2;1-3(2)4/h3-8H2,1-2H3;1-2H3. The van der Waals surface area contributed by atoms with Crippen molar-refractivity contribution in [2.45, 2.75) is 53.4 Å². The highest BCUT2D eigenvalue weighted by molar-refractivity contribution is 7.91. The van der Waals surface area contributed by atoms with Gasteiger partial charge in [0.25, 0.3) is 0 Å². The molecule has 0 aliphatic heterocycles. The van der Waals surface area contributed by atoms with Crippen LogP contribution >= 0.6 is 0 Å². The molecule has 0 aromatic heterocycles. The summed E-state index contributed by atoms with van der Waals surface area (Å²) in [4.78, 5) is 9.44. The first-order chi connectivity index (χ1) is 6.85. The van der Waals surface area contributed by atoms with Crippen LogP contribution in [0.1, 0.15) is 53.4 Å². The van der Waals surface area contributed by atoms with E-state index in [0.717, 1.165) is 25.7 Å². The van der Waals surface area contributed by atoms with Crippen LogP contribution < -0.4 is 0 Å². The highest BCUT2D eigenvalue weighted by atomic mass is 32.2. The average molecular weight is 236 g/mol. The molecule has 0 heterocycles. The number of carbonyl (C=O) groups excluding carboxylic acids is 1. The lowest BCUT2D eigenvalue weighted by atomic mass is 10.4. The summed E-state index contributed by atoms with van der Waals surface area (Å²) in [5.41, 5.74) is 0. The molecule has 3 nitrogen and oxygen atoms in total. The summed E-state index contributed by atoms with van der Waals surface area (Å²) in [5, 5.41) is 0. The van der Waals surface area contributed by atoms with E-state index < -0.39 is 9.84 Å². The zero-order chi connectivity index (χ0) is 12.3. The van der Waals surface area contributed by atoms with Gasteiger partial charge in [0.15, 0.2) is 0 Å². The third kappa shape index (κ3) is 19.9. The number of sulfone groups is 1. The van der Waals surface area contributed by atoms with Crippen molar-refractivity contribution in [3.05, 3.63) is 0 Å². The molecule has 0 aliphatic carbocycles. The van der Waals surface area contributed by atoms with Gasteiger partial charge in [-0.3, -0.25) is 0 Å². The summed E-state index contributed by atoms with van der Waals surface area (Å²) in [6.07, 6.45) is 3.55. The van der Waals surface area contributed by atoms with Crippen LogP contribution in [0.15, 0.2) is 0 Å².